The standard InChI is InChI=1S/C23H17N3O3.C10H12O2S/c24-15-17-6-10-18(11-7-17)23(28)26-21(22(25)27)14-16-8-12-20(13-9-16)29-19-4-2-1-3-5-19;11-10(12)6-7-13-8-9-4-2-1-3-5-9/h1-14H,(H2,25,27)(H,26,28);1-5H,6-8H2,(H,11,12)/b21-14+;. The van der Waals surface area contributed by atoms with E-state index in [-0.39, 0.29) is 12.1 Å². The molecule has 0 aliphatic heterocycles. The van der Waals surface area contributed by atoms with E-state index in [1.165, 1.54) is 35.9 Å². The molecule has 0 atom stereocenters. The molecular formula is C33H29N3O5S. The molecule has 8 nitrogen and oxygen atoms in total. The van der Waals surface area contributed by atoms with E-state index in [2.05, 4.69) is 5.32 Å². The Bertz CT molecular complexity index is 1530. The molecule has 0 bridgehead atoms. The third-order valence-electron chi connectivity index (χ3n) is 5.53. The van der Waals surface area contributed by atoms with Crippen molar-refractivity contribution in [3.8, 4) is 17.6 Å². The van der Waals surface area contributed by atoms with E-state index in [1.807, 2.05) is 66.7 Å². The summed E-state index contributed by atoms with van der Waals surface area (Å²) in [5, 5.41) is 19.7. The summed E-state index contributed by atoms with van der Waals surface area (Å²) in [5.41, 5.74) is 8.01. The highest BCUT2D eigenvalue weighted by molar-refractivity contribution is 7.98. The molecule has 0 fully saturated rings. The highest BCUT2D eigenvalue weighted by Gasteiger charge is 2.12. The number of carboxylic acid groups (broad SMARTS) is 1. The largest absolute Gasteiger partial charge is 0.481 e. The number of carbonyl (C=O) groups excluding carboxylic acids is 2. The molecule has 4 aromatic rings. The zero-order valence-electron chi connectivity index (χ0n) is 22.6. The number of hydrogen-bond acceptors (Lipinski definition) is 6. The molecule has 4 N–H and O–H groups in total. The summed E-state index contributed by atoms with van der Waals surface area (Å²) < 4.78 is 5.72. The third kappa shape index (κ3) is 11.0. The molecule has 0 aliphatic rings. The van der Waals surface area contributed by atoms with Gasteiger partial charge in [0.2, 0.25) is 0 Å². The first kappa shape index (κ1) is 31.2. The van der Waals surface area contributed by atoms with Crippen LogP contribution in [0.5, 0.6) is 11.5 Å². The van der Waals surface area contributed by atoms with Gasteiger partial charge in [0.15, 0.2) is 0 Å². The molecule has 42 heavy (non-hydrogen) atoms. The number of thioether (sulfide) groups is 1. The lowest BCUT2D eigenvalue weighted by Crippen LogP contribution is -2.31. The number of rotatable bonds is 11. The van der Waals surface area contributed by atoms with E-state index < -0.39 is 17.8 Å². The summed E-state index contributed by atoms with van der Waals surface area (Å²) in [6, 6.07) is 34.4. The van der Waals surface area contributed by atoms with Crippen LogP contribution >= 0.6 is 11.8 Å². The lowest BCUT2D eigenvalue weighted by Gasteiger charge is -2.08. The minimum atomic E-state index is -0.767. The van der Waals surface area contributed by atoms with Crippen molar-refractivity contribution in [2.45, 2.75) is 12.2 Å². The van der Waals surface area contributed by atoms with Gasteiger partial charge in [0.25, 0.3) is 11.8 Å². The number of amides is 2. The maximum Gasteiger partial charge on any atom is 0.304 e. The molecule has 0 heterocycles. The average molecular weight is 580 g/mol. The Balaban J connectivity index is 0.000000312. The van der Waals surface area contributed by atoms with Crippen molar-refractivity contribution in [2.75, 3.05) is 5.75 Å². The van der Waals surface area contributed by atoms with Crippen LogP contribution in [0.1, 0.15) is 33.5 Å². The van der Waals surface area contributed by atoms with Gasteiger partial charge in [-0.25, -0.2) is 0 Å². The number of carboxylic acids is 1. The fraction of sp³-hybridized carbons (Fsp3) is 0.0909. The van der Waals surface area contributed by atoms with Gasteiger partial charge in [0, 0.05) is 17.1 Å². The molecule has 0 aromatic heterocycles. The highest BCUT2D eigenvalue weighted by Crippen LogP contribution is 2.22. The zero-order valence-corrected chi connectivity index (χ0v) is 23.4. The van der Waals surface area contributed by atoms with Gasteiger partial charge in [-0.05, 0) is 65.7 Å². The first-order valence-electron chi connectivity index (χ1n) is 12.8. The minimum Gasteiger partial charge on any atom is -0.481 e. The highest BCUT2D eigenvalue weighted by atomic mass is 32.2. The quantitative estimate of drug-likeness (QED) is 0.146. The topological polar surface area (TPSA) is 143 Å². The molecule has 0 spiro atoms. The number of benzene rings is 4. The van der Waals surface area contributed by atoms with Gasteiger partial charge in [-0.2, -0.15) is 17.0 Å². The predicted molar refractivity (Wildman–Crippen MR) is 164 cm³/mol. The van der Waals surface area contributed by atoms with Crippen LogP contribution in [0.15, 0.2) is 115 Å². The van der Waals surface area contributed by atoms with E-state index >= 15 is 0 Å². The van der Waals surface area contributed by atoms with E-state index in [9.17, 15) is 14.4 Å². The number of nitrogens with two attached hydrogens (primary N) is 1. The van der Waals surface area contributed by atoms with Crippen LogP contribution < -0.4 is 15.8 Å². The SMILES string of the molecule is N#Cc1ccc(C(=O)N/C(=C/c2ccc(Oc3ccccc3)cc2)C(N)=O)cc1.O=C(O)CCSCc1ccccc1. The van der Waals surface area contributed by atoms with E-state index in [0.29, 0.717) is 33.9 Å². The van der Waals surface area contributed by atoms with E-state index in [0.717, 1.165) is 5.75 Å². The maximum atomic E-state index is 12.3. The van der Waals surface area contributed by atoms with Crippen LogP contribution in [0.2, 0.25) is 0 Å². The number of aliphatic carboxylic acids is 1. The summed E-state index contributed by atoms with van der Waals surface area (Å²) in [7, 11) is 0. The minimum absolute atomic E-state index is 0.0453. The molecule has 0 saturated heterocycles. The van der Waals surface area contributed by atoms with Gasteiger partial charge in [0.05, 0.1) is 18.1 Å². The summed E-state index contributed by atoms with van der Waals surface area (Å²) in [6.45, 7) is 0. The van der Waals surface area contributed by atoms with Crippen molar-refractivity contribution in [3.05, 3.63) is 137 Å². The van der Waals surface area contributed by atoms with Gasteiger partial charge < -0.3 is 20.9 Å². The Morgan fingerprint density at radius 3 is 2.02 bits per heavy atom. The Kier molecular flexibility index (Phi) is 12.4. The molecule has 0 radical (unpaired) electrons. The van der Waals surface area contributed by atoms with Gasteiger partial charge in [-0.1, -0.05) is 60.7 Å². The third-order valence-corrected chi connectivity index (χ3v) is 6.56. The molecule has 0 saturated carbocycles. The van der Waals surface area contributed by atoms with Crippen LogP contribution in [0.3, 0.4) is 0 Å². The number of primary amides is 1. The lowest BCUT2D eigenvalue weighted by atomic mass is 10.1. The molecule has 9 heteroatoms. The van der Waals surface area contributed by atoms with Crippen molar-refractivity contribution < 1.29 is 24.2 Å². The Hall–Kier alpha value is -5.33. The molecule has 212 valence electrons. The van der Waals surface area contributed by atoms with E-state index in [4.69, 9.17) is 20.8 Å². The van der Waals surface area contributed by atoms with Crippen molar-refractivity contribution in [2.24, 2.45) is 5.73 Å². The second-order valence-electron chi connectivity index (χ2n) is 8.73. The lowest BCUT2D eigenvalue weighted by molar-refractivity contribution is -0.136. The second kappa shape index (κ2) is 16.7. The first-order chi connectivity index (χ1) is 20.3. The number of hydrogen-bond donors (Lipinski definition) is 3. The monoisotopic (exact) mass is 579 g/mol. The smallest absolute Gasteiger partial charge is 0.304 e. The van der Waals surface area contributed by atoms with Crippen molar-refractivity contribution in [3.63, 3.8) is 0 Å². The number of para-hydroxylation sites is 1. The molecule has 2 amide bonds. The normalized spacial score (nSPS) is 10.4. The fourth-order valence-corrected chi connectivity index (χ4v) is 4.30. The average Bonchev–Trinajstić information content (AvgIpc) is 3.01. The maximum absolute atomic E-state index is 12.3. The molecule has 4 aromatic carbocycles. The van der Waals surface area contributed by atoms with E-state index in [1.54, 1.807) is 36.0 Å². The fourth-order valence-electron chi connectivity index (χ4n) is 3.41. The van der Waals surface area contributed by atoms with Crippen LogP contribution in [0.25, 0.3) is 6.08 Å². The number of ether oxygens (including phenoxy) is 1. The van der Waals surface area contributed by atoms with Crippen molar-refractivity contribution in [1.82, 2.24) is 5.32 Å². The van der Waals surface area contributed by atoms with Gasteiger partial charge >= 0.3 is 5.97 Å². The predicted octanol–water partition coefficient (Wildman–Crippen LogP) is 6.00. The summed E-state index contributed by atoms with van der Waals surface area (Å²) in [4.78, 5) is 34.3. The van der Waals surface area contributed by atoms with Crippen molar-refractivity contribution >= 4 is 35.6 Å². The van der Waals surface area contributed by atoms with Crippen LogP contribution in [0, 0.1) is 11.3 Å². The molecule has 0 unspecified atom stereocenters. The molecule has 0 aliphatic carbocycles. The summed E-state index contributed by atoms with van der Waals surface area (Å²) >= 11 is 1.65. The zero-order chi connectivity index (χ0) is 30.2. The Labute approximate surface area is 248 Å². The van der Waals surface area contributed by atoms with Gasteiger partial charge in [0.1, 0.15) is 17.2 Å². The molecule has 4 rings (SSSR count). The summed E-state index contributed by atoms with van der Waals surface area (Å²) in [6.07, 6.45) is 1.73. The summed E-state index contributed by atoms with van der Waals surface area (Å²) in [5.74, 6) is 0.942. The number of nitriles is 1. The second-order valence-corrected chi connectivity index (χ2v) is 9.84. The number of nitrogens with zero attached hydrogens (tertiary/aromatic N) is 1. The van der Waals surface area contributed by atoms with Gasteiger partial charge in [-0.3, -0.25) is 14.4 Å². The first-order valence-corrected chi connectivity index (χ1v) is 14.0. The van der Waals surface area contributed by atoms with Crippen LogP contribution in [0.4, 0.5) is 0 Å². The van der Waals surface area contributed by atoms with Gasteiger partial charge in [-0.15, -0.1) is 0 Å². The number of nitrogens with one attached hydrogen (secondary N) is 1. The van der Waals surface area contributed by atoms with Crippen LogP contribution in [-0.2, 0) is 15.3 Å². The van der Waals surface area contributed by atoms with Crippen molar-refractivity contribution in [1.29, 1.82) is 5.26 Å². The Morgan fingerprint density at radius 2 is 1.45 bits per heavy atom. The Morgan fingerprint density at radius 1 is 0.857 bits per heavy atom. The van der Waals surface area contributed by atoms with Crippen LogP contribution in [-0.4, -0.2) is 28.6 Å². The number of carbonyl (C=O) groups is 3. The molecular weight excluding hydrogens is 550 g/mol.